The summed E-state index contributed by atoms with van der Waals surface area (Å²) < 4.78 is 0. The molecule has 1 amide bonds. The Morgan fingerprint density at radius 1 is 1.08 bits per heavy atom. The molecule has 1 N–H and O–H groups in total. The second-order valence-electron chi connectivity index (χ2n) is 6.18. The molecule has 0 aliphatic carbocycles. The van der Waals surface area contributed by atoms with E-state index in [4.69, 9.17) is 11.6 Å². The normalized spacial score (nSPS) is 12.8. The molecule has 2 heterocycles. The van der Waals surface area contributed by atoms with E-state index < -0.39 is 0 Å². The molecule has 4 rings (SSSR count). The van der Waals surface area contributed by atoms with Crippen LogP contribution in [-0.2, 0) is 6.42 Å². The summed E-state index contributed by atoms with van der Waals surface area (Å²) in [6.45, 7) is 2.60. The van der Waals surface area contributed by atoms with Gasteiger partial charge in [-0.2, -0.15) is 0 Å². The maximum absolute atomic E-state index is 12.8. The summed E-state index contributed by atoms with van der Waals surface area (Å²) >= 11 is 6.13. The van der Waals surface area contributed by atoms with Gasteiger partial charge < -0.3 is 10.2 Å². The third-order valence-electron chi connectivity index (χ3n) is 4.55. The van der Waals surface area contributed by atoms with Crippen LogP contribution in [0.2, 0.25) is 5.02 Å². The topological polar surface area (TPSA) is 58.1 Å². The van der Waals surface area contributed by atoms with E-state index in [2.05, 4.69) is 21.6 Å². The van der Waals surface area contributed by atoms with Crippen LogP contribution in [0, 0.1) is 6.92 Å². The summed E-state index contributed by atoms with van der Waals surface area (Å²) in [5, 5.41) is 12.1. The number of fused-ring (bicyclic) bond motifs is 1. The zero-order chi connectivity index (χ0) is 18.1. The Bertz CT molecular complexity index is 972. The van der Waals surface area contributed by atoms with E-state index in [-0.39, 0.29) is 5.91 Å². The van der Waals surface area contributed by atoms with E-state index in [1.165, 1.54) is 5.56 Å². The van der Waals surface area contributed by atoms with Crippen molar-refractivity contribution >= 4 is 34.7 Å². The van der Waals surface area contributed by atoms with Crippen LogP contribution in [0.4, 0.5) is 17.2 Å². The number of anilines is 3. The van der Waals surface area contributed by atoms with E-state index >= 15 is 0 Å². The molecule has 0 unspecified atom stereocenters. The van der Waals surface area contributed by atoms with Crippen molar-refractivity contribution in [3.05, 3.63) is 76.4 Å². The largest absolute Gasteiger partial charge is 0.338 e. The van der Waals surface area contributed by atoms with Crippen LogP contribution in [0.15, 0.2) is 54.6 Å². The molecule has 5 nitrogen and oxygen atoms in total. The zero-order valence-electron chi connectivity index (χ0n) is 14.2. The molecule has 1 aliphatic heterocycles. The summed E-state index contributed by atoms with van der Waals surface area (Å²) in [5.74, 6) is 0.432. The van der Waals surface area contributed by atoms with Gasteiger partial charge in [0.1, 0.15) is 0 Å². The minimum absolute atomic E-state index is 0.132. The molecular formula is C20H17ClN4O. The summed E-state index contributed by atoms with van der Waals surface area (Å²) in [6.07, 6.45) is 0.864. The highest BCUT2D eigenvalue weighted by Gasteiger charge is 2.26. The van der Waals surface area contributed by atoms with Crippen LogP contribution in [0.5, 0.6) is 0 Å². The first-order valence-corrected chi connectivity index (χ1v) is 8.77. The highest BCUT2D eigenvalue weighted by atomic mass is 35.5. The van der Waals surface area contributed by atoms with Crippen molar-refractivity contribution < 1.29 is 4.79 Å². The van der Waals surface area contributed by atoms with Crippen LogP contribution < -0.4 is 10.2 Å². The van der Waals surface area contributed by atoms with Gasteiger partial charge in [0.05, 0.1) is 0 Å². The average Bonchev–Trinajstić information content (AvgIpc) is 3.10. The fourth-order valence-corrected chi connectivity index (χ4v) is 3.26. The Labute approximate surface area is 156 Å². The first kappa shape index (κ1) is 16.5. The van der Waals surface area contributed by atoms with Crippen molar-refractivity contribution in [2.45, 2.75) is 13.3 Å². The van der Waals surface area contributed by atoms with E-state index in [0.29, 0.717) is 23.1 Å². The van der Waals surface area contributed by atoms with Gasteiger partial charge >= 0.3 is 0 Å². The van der Waals surface area contributed by atoms with Crippen LogP contribution in [-0.4, -0.2) is 22.6 Å². The van der Waals surface area contributed by atoms with Gasteiger partial charge in [-0.25, -0.2) is 0 Å². The number of hydrogen-bond donors (Lipinski definition) is 1. The molecule has 3 aromatic rings. The lowest BCUT2D eigenvalue weighted by atomic mass is 10.2. The maximum Gasteiger partial charge on any atom is 0.278 e. The summed E-state index contributed by atoms with van der Waals surface area (Å²) in [6, 6.07) is 17.0. The van der Waals surface area contributed by atoms with Gasteiger partial charge in [0.15, 0.2) is 11.5 Å². The van der Waals surface area contributed by atoms with Gasteiger partial charge in [-0.3, -0.25) is 4.79 Å². The monoisotopic (exact) mass is 364 g/mol. The van der Waals surface area contributed by atoms with E-state index in [1.807, 2.05) is 43.3 Å². The first-order chi connectivity index (χ1) is 12.6. The smallest absolute Gasteiger partial charge is 0.278 e. The Morgan fingerprint density at radius 3 is 2.73 bits per heavy atom. The van der Waals surface area contributed by atoms with Crippen LogP contribution in [0.25, 0.3) is 0 Å². The van der Waals surface area contributed by atoms with E-state index in [1.54, 1.807) is 17.0 Å². The van der Waals surface area contributed by atoms with E-state index in [0.717, 1.165) is 23.4 Å². The molecule has 2 aromatic carbocycles. The van der Waals surface area contributed by atoms with Crippen LogP contribution in [0.3, 0.4) is 0 Å². The molecule has 0 saturated heterocycles. The lowest BCUT2D eigenvalue weighted by Crippen LogP contribution is -2.29. The third kappa shape index (κ3) is 3.02. The van der Waals surface area contributed by atoms with Gasteiger partial charge in [-0.05, 0) is 54.8 Å². The second-order valence-corrected chi connectivity index (χ2v) is 6.58. The predicted molar refractivity (Wildman–Crippen MR) is 103 cm³/mol. The molecule has 1 aliphatic rings. The molecule has 1 aromatic heterocycles. The van der Waals surface area contributed by atoms with E-state index in [9.17, 15) is 4.79 Å². The summed E-state index contributed by atoms with van der Waals surface area (Å²) in [7, 11) is 0. The lowest BCUT2D eigenvalue weighted by molar-refractivity contribution is 0.0983. The molecule has 0 radical (unpaired) electrons. The number of nitrogens with one attached hydrogen (secondary N) is 1. The number of benzene rings is 2. The predicted octanol–water partition coefficient (Wildman–Crippen LogP) is 4.38. The van der Waals surface area contributed by atoms with Gasteiger partial charge in [0.25, 0.3) is 5.91 Å². The highest BCUT2D eigenvalue weighted by Crippen LogP contribution is 2.29. The second kappa shape index (κ2) is 6.77. The number of nitrogens with zero attached hydrogens (tertiary/aromatic N) is 3. The number of amides is 1. The van der Waals surface area contributed by atoms with Crippen LogP contribution in [0.1, 0.15) is 21.6 Å². The maximum atomic E-state index is 12.8. The molecule has 0 bridgehead atoms. The number of hydrogen-bond acceptors (Lipinski definition) is 4. The number of rotatable bonds is 3. The van der Waals surface area contributed by atoms with Crippen molar-refractivity contribution in [2.75, 3.05) is 16.8 Å². The van der Waals surface area contributed by atoms with Gasteiger partial charge in [0, 0.05) is 22.9 Å². The molecule has 6 heteroatoms. The van der Waals surface area contributed by atoms with Crippen molar-refractivity contribution in [3.8, 4) is 0 Å². The molecule has 130 valence electrons. The SMILES string of the molecule is Cc1c(Cl)cccc1Nc1ccc(C(=O)N2CCc3ccccc32)nn1. The number of halogens is 1. The summed E-state index contributed by atoms with van der Waals surface area (Å²) in [5.41, 5.74) is 4.26. The average molecular weight is 365 g/mol. The number of carbonyl (C=O) groups is 1. The quantitative estimate of drug-likeness (QED) is 0.749. The molecule has 0 fully saturated rings. The number of para-hydroxylation sites is 1. The number of carbonyl (C=O) groups excluding carboxylic acids is 1. The number of aromatic nitrogens is 2. The standard InChI is InChI=1S/C20H17ClN4O/c1-13-15(21)6-4-7-16(13)22-19-10-9-17(23-24-19)20(26)25-12-11-14-5-2-3-8-18(14)25/h2-10H,11-12H2,1H3,(H,22,24). The first-order valence-electron chi connectivity index (χ1n) is 8.39. The minimum atomic E-state index is -0.132. The van der Waals surface area contributed by atoms with Gasteiger partial charge in [-0.15, -0.1) is 10.2 Å². The lowest BCUT2D eigenvalue weighted by Gasteiger charge is -2.16. The fraction of sp³-hybridized carbons (Fsp3) is 0.150. The Kier molecular flexibility index (Phi) is 4.31. The van der Waals surface area contributed by atoms with Gasteiger partial charge in [0.2, 0.25) is 0 Å². The minimum Gasteiger partial charge on any atom is -0.338 e. The van der Waals surface area contributed by atoms with Crippen molar-refractivity contribution in [2.24, 2.45) is 0 Å². The van der Waals surface area contributed by atoms with Crippen molar-refractivity contribution in [3.63, 3.8) is 0 Å². The summed E-state index contributed by atoms with van der Waals surface area (Å²) in [4.78, 5) is 14.5. The molecule has 0 saturated carbocycles. The molecular weight excluding hydrogens is 348 g/mol. The van der Waals surface area contributed by atoms with Crippen molar-refractivity contribution in [1.82, 2.24) is 10.2 Å². The van der Waals surface area contributed by atoms with Crippen molar-refractivity contribution in [1.29, 1.82) is 0 Å². The third-order valence-corrected chi connectivity index (χ3v) is 4.96. The molecule has 0 atom stereocenters. The highest BCUT2D eigenvalue weighted by molar-refractivity contribution is 6.31. The molecule has 26 heavy (non-hydrogen) atoms. The Hall–Kier alpha value is -2.92. The fourth-order valence-electron chi connectivity index (χ4n) is 3.08. The van der Waals surface area contributed by atoms with Gasteiger partial charge in [-0.1, -0.05) is 35.9 Å². The van der Waals surface area contributed by atoms with Crippen LogP contribution >= 0.6 is 11.6 Å². The molecule has 0 spiro atoms. The Morgan fingerprint density at radius 2 is 1.92 bits per heavy atom. The zero-order valence-corrected chi connectivity index (χ0v) is 15.0. The Balaban J connectivity index is 1.53.